The molecule has 0 aromatic heterocycles. The first-order chi connectivity index (χ1) is 7.75. The van der Waals surface area contributed by atoms with Crippen molar-refractivity contribution in [3.63, 3.8) is 0 Å². The van der Waals surface area contributed by atoms with Crippen molar-refractivity contribution >= 4 is 0 Å². The van der Waals surface area contributed by atoms with E-state index in [0.717, 1.165) is 31.4 Å². The zero-order chi connectivity index (χ0) is 11.4. The molecule has 1 fully saturated rings. The molecule has 0 saturated carbocycles. The molecular formula is C14H21NO. The van der Waals surface area contributed by atoms with Gasteiger partial charge in [0, 0.05) is 0 Å². The van der Waals surface area contributed by atoms with Crippen LogP contribution in [0, 0.1) is 5.92 Å². The molecule has 1 aliphatic heterocycles. The van der Waals surface area contributed by atoms with Gasteiger partial charge in [-0.1, -0.05) is 26.0 Å². The van der Waals surface area contributed by atoms with Crippen molar-refractivity contribution in [1.29, 1.82) is 0 Å². The summed E-state index contributed by atoms with van der Waals surface area (Å²) in [4.78, 5) is 0. The second-order valence-corrected chi connectivity index (χ2v) is 4.89. The quantitative estimate of drug-likeness (QED) is 0.822. The predicted octanol–water partition coefficient (Wildman–Crippen LogP) is 2.80. The van der Waals surface area contributed by atoms with Crippen molar-refractivity contribution in [2.75, 3.05) is 19.7 Å². The van der Waals surface area contributed by atoms with Crippen LogP contribution >= 0.6 is 0 Å². The summed E-state index contributed by atoms with van der Waals surface area (Å²) in [5, 5.41) is 3.28. The van der Waals surface area contributed by atoms with Gasteiger partial charge < -0.3 is 10.1 Å². The first-order valence-corrected chi connectivity index (χ1v) is 6.19. The smallest absolute Gasteiger partial charge is 0.119 e. The third kappa shape index (κ3) is 2.99. The first kappa shape index (κ1) is 11.5. The van der Waals surface area contributed by atoms with Gasteiger partial charge in [0.1, 0.15) is 5.75 Å². The van der Waals surface area contributed by atoms with Gasteiger partial charge in [0.15, 0.2) is 0 Å². The average Bonchev–Trinajstić information content (AvgIpc) is 2.22. The molecule has 1 aromatic rings. The monoisotopic (exact) mass is 219 g/mol. The molecule has 88 valence electrons. The van der Waals surface area contributed by atoms with Crippen LogP contribution in [0.15, 0.2) is 24.3 Å². The highest BCUT2D eigenvalue weighted by Crippen LogP contribution is 2.20. The van der Waals surface area contributed by atoms with E-state index in [-0.39, 0.29) is 0 Å². The summed E-state index contributed by atoms with van der Waals surface area (Å²) in [5.74, 6) is 2.41. The van der Waals surface area contributed by atoms with Gasteiger partial charge in [-0.3, -0.25) is 0 Å². The van der Waals surface area contributed by atoms with Crippen LogP contribution in [0.25, 0.3) is 0 Å². The first-order valence-electron chi connectivity index (χ1n) is 6.19. The van der Waals surface area contributed by atoms with E-state index in [4.69, 9.17) is 4.74 Å². The van der Waals surface area contributed by atoms with Gasteiger partial charge in [0.2, 0.25) is 0 Å². The SMILES string of the molecule is CC(C)c1cccc(OCCC2CNC2)c1. The maximum Gasteiger partial charge on any atom is 0.119 e. The van der Waals surface area contributed by atoms with Crippen molar-refractivity contribution in [2.24, 2.45) is 5.92 Å². The number of hydrogen-bond donors (Lipinski definition) is 1. The van der Waals surface area contributed by atoms with Crippen molar-refractivity contribution in [1.82, 2.24) is 5.32 Å². The summed E-state index contributed by atoms with van der Waals surface area (Å²) >= 11 is 0. The molecule has 1 saturated heterocycles. The van der Waals surface area contributed by atoms with Crippen molar-refractivity contribution in [2.45, 2.75) is 26.2 Å². The lowest BCUT2D eigenvalue weighted by Gasteiger charge is -2.26. The summed E-state index contributed by atoms with van der Waals surface area (Å²) in [5.41, 5.74) is 1.35. The fourth-order valence-electron chi connectivity index (χ4n) is 1.86. The Morgan fingerprint density at radius 2 is 2.19 bits per heavy atom. The molecule has 0 bridgehead atoms. The van der Waals surface area contributed by atoms with E-state index >= 15 is 0 Å². The van der Waals surface area contributed by atoms with E-state index in [1.54, 1.807) is 0 Å². The third-order valence-corrected chi connectivity index (χ3v) is 3.19. The standard InChI is InChI=1S/C14H21NO/c1-11(2)13-4-3-5-14(8-13)16-7-6-12-9-15-10-12/h3-5,8,11-12,15H,6-7,9-10H2,1-2H3. The number of rotatable bonds is 5. The van der Waals surface area contributed by atoms with Gasteiger partial charge >= 0.3 is 0 Å². The minimum absolute atomic E-state index is 0.569. The van der Waals surface area contributed by atoms with Crippen LogP contribution in [0.2, 0.25) is 0 Å². The lowest BCUT2D eigenvalue weighted by molar-refractivity contribution is 0.238. The van der Waals surface area contributed by atoms with E-state index in [2.05, 4.69) is 37.4 Å². The molecule has 2 nitrogen and oxygen atoms in total. The molecule has 1 N–H and O–H groups in total. The Kier molecular flexibility index (Phi) is 3.83. The van der Waals surface area contributed by atoms with Crippen molar-refractivity contribution in [3.8, 4) is 5.75 Å². The maximum atomic E-state index is 5.78. The predicted molar refractivity (Wildman–Crippen MR) is 67.0 cm³/mol. The molecular weight excluding hydrogens is 198 g/mol. The van der Waals surface area contributed by atoms with Crippen molar-refractivity contribution < 1.29 is 4.74 Å². The molecule has 0 unspecified atom stereocenters. The Morgan fingerprint density at radius 1 is 1.38 bits per heavy atom. The molecule has 0 radical (unpaired) electrons. The highest BCUT2D eigenvalue weighted by atomic mass is 16.5. The highest BCUT2D eigenvalue weighted by molar-refractivity contribution is 5.30. The van der Waals surface area contributed by atoms with Crippen LogP contribution in [0.4, 0.5) is 0 Å². The Morgan fingerprint density at radius 3 is 2.81 bits per heavy atom. The molecule has 0 aliphatic carbocycles. The van der Waals surface area contributed by atoms with Crippen molar-refractivity contribution in [3.05, 3.63) is 29.8 Å². The number of ether oxygens (including phenoxy) is 1. The van der Waals surface area contributed by atoms with Crippen LogP contribution in [0.5, 0.6) is 5.75 Å². The van der Waals surface area contributed by atoms with Crippen LogP contribution in [0.3, 0.4) is 0 Å². The zero-order valence-corrected chi connectivity index (χ0v) is 10.2. The molecule has 2 heteroatoms. The summed E-state index contributed by atoms with van der Waals surface area (Å²) < 4.78 is 5.78. The minimum Gasteiger partial charge on any atom is -0.494 e. The van der Waals surface area contributed by atoms with Gasteiger partial charge in [-0.2, -0.15) is 0 Å². The van der Waals surface area contributed by atoms with Crippen LogP contribution in [-0.2, 0) is 0 Å². The van der Waals surface area contributed by atoms with Crippen LogP contribution in [0.1, 0.15) is 31.7 Å². The summed E-state index contributed by atoms with van der Waals surface area (Å²) in [6, 6.07) is 8.44. The van der Waals surface area contributed by atoms with Crippen LogP contribution in [-0.4, -0.2) is 19.7 Å². The summed E-state index contributed by atoms with van der Waals surface area (Å²) in [6.07, 6.45) is 1.17. The number of benzene rings is 1. The normalized spacial score (nSPS) is 16.2. The van der Waals surface area contributed by atoms with E-state index in [9.17, 15) is 0 Å². The summed E-state index contributed by atoms with van der Waals surface area (Å²) in [7, 11) is 0. The van der Waals surface area contributed by atoms with Gasteiger partial charge in [0.05, 0.1) is 6.61 Å². The van der Waals surface area contributed by atoms with E-state index in [1.165, 1.54) is 12.0 Å². The summed E-state index contributed by atoms with van der Waals surface area (Å²) in [6.45, 7) is 7.58. The average molecular weight is 219 g/mol. The maximum absolute atomic E-state index is 5.78. The second kappa shape index (κ2) is 5.35. The lowest BCUT2D eigenvalue weighted by Crippen LogP contribution is -2.42. The highest BCUT2D eigenvalue weighted by Gasteiger charge is 2.15. The van der Waals surface area contributed by atoms with E-state index in [0.29, 0.717) is 5.92 Å². The Balaban J connectivity index is 1.81. The number of nitrogens with one attached hydrogen (secondary N) is 1. The molecule has 0 amide bonds. The van der Waals surface area contributed by atoms with Gasteiger partial charge in [-0.05, 0) is 49.0 Å². The molecule has 1 aliphatic rings. The Hall–Kier alpha value is -1.02. The largest absolute Gasteiger partial charge is 0.494 e. The Bertz CT molecular complexity index is 331. The van der Waals surface area contributed by atoms with Gasteiger partial charge in [-0.15, -0.1) is 0 Å². The molecule has 2 rings (SSSR count). The molecule has 0 atom stereocenters. The fraction of sp³-hybridized carbons (Fsp3) is 0.571. The minimum atomic E-state index is 0.569. The third-order valence-electron chi connectivity index (χ3n) is 3.19. The molecule has 1 aromatic carbocycles. The molecule has 1 heterocycles. The Labute approximate surface area is 98.0 Å². The van der Waals surface area contributed by atoms with Gasteiger partial charge in [-0.25, -0.2) is 0 Å². The molecule has 16 heavy (non-hydrogen) atoms. The second-order valence-electron chi connectivity index (χ2n) is 4.89. The topological polar surface area (TPSA) is 21.3 Å². The van der Waals surface area contributed by atoms with Gasteiger partial charge in [0.25, 0.3) is 0 Å². The molecule has 0 spiro atoms. The lowest BCUT2D eigenvalue weighted by atomic mass is 10.0. The zero-order valence-electron chi connectivity index (χ0n) is 10.2. The fourth-order valence-corrected chi connectivity index (χ4v) is 1.86. The number of hydrogen-bond acceptors (Lipinski definition) is 2. The van der Waals surface area contributed by atoms with E-state index in [1.807, 2.05) is 6.07 Å². The van der Waals surface area contributed by atoms with E-state index < -0.39 is 0 Å². The van der Waals surface area contributed by atoms with Crippen LogP contribution < -0.4 is 10.1 Å².